The van der Waals surface area contributed by atoms with Gasteiger partial charge in [-0.05, 0) is 24.8 Å². The quantitative estimate of drug-likeness (QED) is 0.711. The molecule has 0 heterocycles. The molecule has 0 bridgehead atoms. The van der Waals surface area contributed by atoms with Gasteiger partial charge < -0.3 is 10.2 Å². The van der Waals surface area contributed by atoms with E-state index in [1.807, 2.05) is 13.8 Å². The van der Waals surface area contributed by atoms with Crippen LogP contribution in [-0.2, 0) is 0 Å². The van der Waals surface area contributed by atoms with Gasteiger partial charge in [0.1, 0.15) is 0 Å². The number of aliphatic hydroxyl groups excluding tert-OH is 1. The van der Waals surface area contributed by atoms with Crippen LogP contribution in [0.15, 0.2) is 11.1 Å². The lowest BCUT2D eigenvalue weighted by Gasteiger charge is -2.51. The topological polar surface area (TPSA) is 40.5 Å². The predicted octanol–water partition coefficient (Wildman–Crippen LogP) is 2.89. The lowest BCUT2D eigenvalue weighted by atomic mass is 9.58. The second-order valence-corrected chi connectivity index (χ2v) is 5.98. The Hall–Kier alpha value is -0.340. The fourth-order valence-corrected chi connectivity index (χ4v) is 3.41. The van der Waals surface area contributed by atoms with E-state index in [2.05, 4.69) is 27.7 Å². The van der Waals surface area contributed by atoms with Gasteiger partial charge >= 0.3 is 0 Å². The first kappa shape index (κ1) is 13.7. The molecule has 1 rings (SSSR count). The zero-order valence-corrected chi connectivity index (χ0v) is 11.5. The lowest BCUT2D eigenvalue weighted by molar-refractivity contribution is -0.0927. The second-order valence-electron chi connectivity index (χ2n) is 5.98. The zero-order valence-electron chi connectivity index (χ0n) is 11.5. The van der Waals surface area contributed by atoms with Crippen LogP contribution >= 0.6 is 0 Å². The zero-order chi connectivity index (χ0) is 12.7. The summed E-state index contributed by atoms with van der Waals surface area (Å²) in [6.45, 7) is 12.5. The molecule has 1 aliphatic rings. The molecular weight excluding hydrogens is 200 g/mol. The summed E-state index contributed by atoms with van der Waals surface area (Å²) in [5.41, 5.74) is 1.24. The van der Waals surface area contributed by atoms with E-state index >= 15 is 0 Å². The lowest BCUT2D eigenvalue weighted by Crippen LogP contribution is -2.52. The van der Waals surface area contributed by atoms with Crippen LogP contribution in [0.5, 0.6) is 0 Å². The molecule has 0 aliphatic heterocycles. The van der Waals surface area contributed by atoms with Gasteiger partial charge in [-0.3, -0.25) is 0 Å². The van der Waals surface area contributed by atoms with Crippen LogP contribution in [0.3, 0.4) is 0 Å². The molecule has 0 amide bonds. The van der Waals surface area contributed by atoms with E-state index in [1.165, 1.54) is 5.57 Å². The molecule has 0 saturated heterocycles. The van der Waals surface area contributed by atoms with E-state index in [4.69, 9.17) is 0 Å². The monoisotopic (exact) mass is 226 g/mol. The van der Waals surface area contributed by atoms with Crippen molar-refractivity contribution >= 4 is 0 Å². The fraction of sp³-hybridized carbons (Fsp3) is 0.857. The minimum atomic E-state index is -0.786. The molecule has 0 aromatic rings. The van der Waals surface area contributed by atoms with Crippen LogP contribution in [0.25, 0.3) is 0 Å². The van der Waals surface area contributed by atoms with Crippen molar-refractivity contribution in [2.24, 2.45) is 11.3 Å². The summed E-state index contributed by atoms with van der Waals surface area (Å²) in [5.74, 6) is 0.364. The van der Waals surface area contributed by atoms with Gasteiger partial charge in [0.15, 0.2) is 0 Å². The Labute approximate surface area is 99.4 Å². The third-order valence-corrected chi connectivity index (χ3v) is 4.45. The van der Waals surface area contributed by atoms with Crippen molar-refractivity contribution in [1.82, 2.24) is 0 Å². The van der Waals surface area contributed by atoms with Gasteiger partial charge in [0.05, 0.1) is 11.7 Å². The maximum absolute atomic E-state index is 10.7. The smallest absolute Gasteiger partial charge is 0.0778 e. The van der Waals surface area contributed by atoms with E-state index in [1.54, 1.807) is 0 Å². The van der Waals surface area contributed by atoms with E-state index in [0.29, 0.717) is 18.8 Å². The van der Waals surface area contributed by atoms with E-state index in [9.17, 15) is 10.2 Å². The largest absolute Gasteiger partial charge is 0.389 e. The highest BCUT2D eigenvalue weighted by Gasteiger charge is 2.50. The summed E-state index contributed by atoms with van der Waals surface area (Å²) < 4.78 is 0. The second kappa shape index (κ2) is 4.15. The van der Waals surface area contributed by atoms with Crippen LogP contribution < -0.4 is 0 Å². The highest BCUT2D eigenvalue weighted by Crippen LogP contribution is 2.51. The Morgan fingerprint density at radius 3 is 2.25 bits per heavy atom. The van der Waals surface area contributed by atoms with Gasteiger partial charge in [0.2, 0.25) is 0 Å². The van der Waals surface area contributed by atoms with Crippen LogP contribution in [0.2, 0.25) is 0 Å². The normalized spacial score (nSPS) is 34.7. The standard InChI is InChI=1S/C14H26O2/c1-7-14(16)8-11(15)10(4)12(9(2)3)13(14,5)6/h9,11,15-16H,7-8H2,1-6H3/t11-,14-/m0/s1. The Kier molecular flexibility index (Phi) is 3.56. The SMILES string of the molecule is CC[C@]1(O)C[C@H](O)C(C)=C(C(C)C)C1(C)C. The Morgan fingerprint density at radius 1 is 1.38 bits per heavy atom. The van der Waals surface area contributed by atoms with E-state index in [0.717, 1.165) is 5.57 Å². The van der Waals surface area contributed by atoms with Gasteiger partial charge in [0, 0.05) is 11.8 Å². The first-order valence-electron chi connectivity index (χ1n) is 6.29. The van der Waals surface area contributed by atoms with Gasteiger partial charge in [-0.15, -0.1) is 0 Å². The molecule has 0 saturated carbocycles. The minimum absolute atomic E-state index is 0.251. The molecule has 1 aliphatic carbocycles. The van der Waals surface area contributed by atoms with Gasteiger partial charge in [-0.1, -0.05) is 40.2 Å². The first-order chi connectivity index (χ1) is 7.17. The molecule has 0 unspecified atom stereocenters. The average Bonchev–Trinajstić information content (AvgIpc) is 2.14. The molecule has 2 nitrogen and oxygen atoms in total. The third-order valence-electron chi connectivity index (χ3n) is 4.45. The Morgan fingerprint density at radius 2 is 1.88 bits per heavy atom. The van der Waals surface area contributed by atoms with Crippen molar-refractivity contribution in [3.05, 3.63) is 11.1 Å². The molecule has 2 atom stereocenters. The summed E-state index contributed by atoms with van der Waals surface area (Å²) in [7, 11) is 0. The molecule has 0 aromatic heterocycles. The number of aliphatic hydroxyl groups is 2. The van der Waals surface area contributed by atoms with Crippen LogP contribution in [-0.4, -0.2) is 21.9 Å². The van der Waals surface area contributed by atoms with Crippen molar-refractivity contribution in [3.63, 3.8) is 0 Å². The van der Waals surface area contributed by atoms with Gasteiger partial charge in [-0.25, -0.2) is 0 Å². The summed E-state index contributed by atoms with van der Waals surface area (Å²) >= 11 is 0. The summed E-state index contributed by atoms with van der Waals surface area (Å²) in [5, 5.41) is 20.8. The average molecular weight is 226 g/mol. The number of hydrogen-bond acceptors (Lipinski definition) is 2. The van der Waals surface area contributed by atoms with Crippen LogP contribution in [0.4, 0.5) is 0 Å². The molecule has 0 aromatic carbocycles. The maximum Gasteiger partial charge on any atom is 0.0778 e. The first-order valence-corrected chi connectivity index (χ1v) is 6.29. The van der Waals surface area contributed by atoms with Crippen molar-refractivity contribution in [3.8, 4) is 0 Å². The van der Waals surface area contributed by atoms with Gasteiger partial charge in [0.25, 0.3) is 0 Å². The Bertz CT molecular complexity index is 302. The van der Waals surface area contributed by atoms with E-state index < -0.39 is 11.7 Å². The van der Waals surface area contributed by atoms with Gasteiger partial charge in [-0.2, -0.15) is 0 Å². The summed E-state index contributed by atoms with van der Waals surface area (Å²) in [4.78, 5) is 0. The molecule has 0 fully saturated rings. The molecule has 0 spiro atoms. The Balaban J connectivity index is 3.34. The minimum Gasteiger partial charge on any atom is -0.389 e. The van der Waals surface area contributed by atoms with Crippen LogP contribution in [0.1, 0.15) is 54.4 Å². The third kappa shape index (κ3) is 1.82. The molecule has 16 heavy (non-hydrogen) atoms. The maximum atomic E-state index is 10.7. The van der Waals surface area contributed by atoms with Crippen molar-refractivity contribution in [1.29, 1.82) is 0 Å². The molecule has 2 heteroatoms. The summed E-state index contributed by atoms with van der Waals surface area (Å²) in [6, 6.07) is 0. The van der Waals surface area contributed by atoms with E-state index in [-0.39, 0.29) is 5.41 Å². The highest BCUT2D eigenvalue weighted by molar-refractivity contribution is 5.32. The number of rotatable bonds is 2. The van der Waals surface area contributed by atoms with Crippen molar-refractivity contribution in [2.75, 3.05) is 0 Å². The van der Waals surface area contributed by atoms with Crippen LogP contribution in [0, 0.1) is 11.3 Å². The van der Waals surface area contributed by atoms with Crippen molar-refractivity contribution in [2.45, 2.75) is 66.1 Å². The molecular formula is C14H26O2. The van der Waals surface area contributed by atoms with Crippen molar-refractivity contribution < 1.29 is 10.2 Å². The molecule has 94 valence electrons. The number of hydrogen-bond donors (Lipinski definition) is 2. The molecule has 2 N–H and O–H groups in total. The summed E-state index contributed by atoms with van der Waals surface area (Å²) in [6.07, 6.45) is 0.648. The highest BCUT2D eigenvalue weighted by atomic mass is 16.3. The predicted molar refractivity (Wildman–Crippen MR) is 67.2 cm³/mol. The fourth-order valence-electron chi connectivity index (χ4n) is 3.41. The molecule has 0 radical (unpaired) electrons.